The lowest BCUT2D eigenvalue weighted by Crippen LogP contribution is -2.60. The minimum absolute atomic E-state index is 0.0834. The third kappa shape index (κ3) is 4.26. The molecule has 0 bridgehead atoms. The van der Waals surface area contributed by atoms with Crippen LogP contribution in [0.3, 0.4) is 0 Å². The first-order valence-corrected chi connectivity index (χ1v) is 14.3. The minimum atomic E-state index is -0.422. The quantitative estimate of drug-likeness (QED) is 0.504. The van der Waals surface area contributed by atoms with Crippen LogP contribution in [0.5, 0.6) is 0 Å². The maximum atomic E-state index is 11.7. The molecule has 4 saturated carbocycles. The predicted molar refractivity (Wildman–Crippen MR) is 133 cm³/mol. The number of fused-ring (bicyclic) bond motifs is 5. The average molecular weight is 479 g/mol. The van der Waals surface area contributed by atoms with Gasteiger partial charge in [0, 0.05) is 19.3 Å². The Hall–Kier alpha value is -0.650. The van der Waals surface area contributed by atoms with Crippen LogP contribution in [0.15, 0.2) is 0 Å². The SMILES string of the molecule is CC.COC(=O)CCC(C)C1CCC2C3C[C@@H](O)C4CC5(CCC4(C)C3CC[C@]12C)OCCO5. The Morgan fingerprint density at radius 3 is 2.35 bits per heavy atom. The summed E-state index contributed by atoms with van der Waals surface area (Å²) >= 11 is 0. The summed E-state index contributed by atoms with van der Waals surface area (Å²) in [5.41, 5.74) is 0.534. The zero-order valence-corrected chi connectivity index (χ0v) is 22.6. The van der Waals surface area contributed by atoms with Crippen LogP contribution < -0.4 is 0 Å². The van der Waals surface area contributed by atoms with E-state index in [4.69, 9.17) is 14.2 Å². The van der Waals surface area contributed by atoms with Crippen molar-refractivity contribution in [3.8, 4) is 0 Å². The molecule has 1 spiro atoms. The molecule has 1 saturated heterocycles. The summed E-state index contributed by atoms with van der Waals surface area (Å²) in [6.45, 7) is 12.8. The van der Waals surface area contributed by atoms with E-state index in [1.807, 2.05) is 13.8 Å². The van der Waals surface area contributed by atoms with Gasteiger partial charge in [-0.2, -0.15) is 0 Å². The van der Waals surface area contributed by atoms with Crippen LogP contribution in [0.2, 0.25) is 0 Å². The van der Waals surface area contributed by atoms with Gasteiger partial charge in [-0.1, -0.05) is 34.6 Å². The molecule has 1 N–H and O–H groups in total. The summed E-state index contributed by atoms with van der Waals surface area (Å²) in [4.78, 5) is 11.7. The highest BCUT2D eigenvalue weighted by Gasteiger charge is 2.64. The summed E-state index contributed by atoms with van der Waals surface area (Å²) in [5.74, 6) is 3.04. The average Bonchev–Trinajstić information content (AvgIpc) is 3.44. The van der Waals surface area contributed by atoms with Gasteiger partial charge in [0.05, 0.1) is 26.4 Å². The van der Waals surface area contributed by atoms with E-state index < -0.39 is 5.79 Å². The van der Waals surface area contributed by atoms with Crippen LogP contribution in [-0.2, 0) is 19.0 Å². The number of ether oxygens (including phenoxy) is 3. The van der Waals surface area contributed by atoms with Gasteiger partial charge >= 0.3 is 5.97 Å². The summed E-state index contributed by atoms with van der Waals surface area (Å²) in [6, 6.07) is 0. The Kier molecular flexibility index (Phi) is 7.78. The highest BCUT2D eigenvalue weighted by molar-refractivity contribution is 5.69. The first-order valence-electron chi connectivity index (χ1n) is 14.3. The Bertz CT molecular complexity index is 717. The fraction of sp³-hybridized carbons (Fsp3) is 0.966. The van der Waals surface area contributed by atoms with Crippen LogP contribution in [-0.4, -0.2) is 43.3 Å². The Balaban J connectivity index is 0.00000133. The molecule has 0 aromatic rings. The van der Waals surface area contributed by atoms with E-state index in [9.17, 15) is 9.90 Å². The number of hydrogen-bond donors (Lipinski definition) is 1. The fourth-order valence-corrected chi connectivity index (χ4v) is 9.61. The standard InChI is InChI=1S/C27H44O5.C2H6/c1-17(5-8-24(29)30-4)19-6-7-20-18-15-23(28)22-16-27(31-13-14-32-27)12-11-26(22,3)21(18)9-10-25(19,20)2;1-2/h17-23,28H,5-16H2,1-4H3;1-2H3/t17?,18?,19?,20?,21?,22?,23-,25-,26?;/m1./s1. The number of aliphatic hydroxyl groups is 1. The van der Waals surface area contributed by atoms with Crippen molar-refractivity contribution in [2.45, 2.75) is 111 Å². The van der Waals surface area contributed by atoms with Crippen molar-refractivity contribution in [3.63, 3.8) is 0 Å². The normalized spacial score (nSPS) is 45.4. The first kappa shape index (κ1) is 26.4. The van der Waals surface area contributed by atoms with Gasteiger partial charge in [-0.05, 0) is 91.3 Å². The number of rotatable bonds is 4. The van der Waals surface area contributed by atoms with E-state index in [0.717, 1.165) is 32.1 Å². The number of hydrogen-bond acceptors (Lipinski definition) is 5. The van der Waals surface area contributed by atoms with Gasteiger partial charge in [0.1, 0.15) is 0 Å². The highest BCUT2D eigenvalue weighted by Crippen LogP contribution is 2.69. The van der Waals surface area contributed by atoms with Crippen LogP contribution in [0, 0.1) is 46.3 Å². The van der Waals surface area contributed by atoms with Gasteiger partial charge < -0.3 is 19.3 Å². The van der Waals surface area contributed by atoms with Gasteiger partial charge in [0.2, 0.25) is 0 Å². The minimum Gasteiger partial charge on any atom is -0.469 e. The molecule has 1 aliphatic heterocycles. The molecular weight excluding hydrogens is 428 g/mol. The lowest BCUT2D eigenvalue weighted by atomic mass is 9.43. The molecule has 5 heteroatoms. The lowest BCUT2D eigenvalue weighted by Gasteiger charge is -2.63. The summed E-state index contributed by atoms with van der Waals surface area (Å²) < 4.78 is 17.0. The molecule has 4 aliphatic carbocycles. The number of aliphatic hydroxyl groups excluding tert-OH is 1. The number of methoxy groups -OCH3 is 1. The Labute approximate surface area is 207 Å². The number of carbonyl (C=O) groups is 1. The van der Waals surface area contributed by atoms with E-state index in [0.29, 0.717) is 54.6 Å². The maximum Gasteiger partial charge on any atom is 0.305 e. The van der Waals surface area contributed by atoms with E-state index in [1.165, 1.54) is 32.8 Å². The predicted octanol–water partition coefficient (Wildman–Crippen LogP) is 5.97. The van der Waals surface area contributed by atoms with Gasteiger partial charge in [0.25, 0.3) is 0 Å². The Morgan fingerprint density at radius 1 is 1.00 bits per heavy atom. The monoisotopic (exact) mass is 478 g/mol. The highest BCUT2D eigenvalue weighted by atomic mass is 16.7. The van der Waals surface area contributed by atoms with Crippen molar-refractivity contribution in [1.29, 1.82) is 0 Å². The zero-order valence-electron chi connectivity index (χ0n) is 22.6. The topological polar surface area (TPSA) is 65.0 Å². The second-order valence-electron chi connectivity index (χ2n) is 12.4. The zero-order chi connectivity index (χ0) is 24.7. The van der Waals surface area contributed by atoms with E-state index in [1.54, 1.807) is 0 Å². The fourth-order valence-electron chi connectivity index (χ4n) is 9.61. The molecule has 0 aromatic carbocycles. The summed E-state index contributed by atoms with van der Waals surface area (Å²) in [5, 5.41) is 11.4. The van der Waals surface area contributed by atoms with Crippen molar-refractivity contribution in [1.82, 2.24) is 0 Å². The number of carbonyl (C=O) groups excluding carboxylic acids is 1. The third-order valence-electron chi connectivity index (χ3n) is 11.3. The van der Waals surface area contributed by atoms with E-state index in [2.05, 4.69) is 20.8 Å². The van der Waals surface area contributed by atoms with Crippen LogP contribution >= 0.6 is 0 Å². The summed E-state index contributed by atoms with van der Waals surface area (Å²) in [6.07, 6.45) is 10.3. The molecule has 5 nitrogen and oxygen atoms in total. The molecule has 1 heterocycles. The molecule has 0 aromatic heterocycles. The van der Waals surface area contributed by atoms with Crippen molar-refractivity contribution in [3.05, 3.63) is 0 Å². The molecule has 9 atom stereocenters. The van der Waals surface area contributed by atoms with Gasteiger partial charge in [0.15, 0.2) is 5.79 Å². The van der Waals surface area contributed by atoms with Crippen LogP contribution in [0.25, 0.3) is 0 Å². The van der Waals surface area contributed by atoms with E-state index in [-0.39, 0.29) is 23.4 Å². The van der Waals surface area contributed by atoms with Crippen LogP contribution in [0.4, 0.5) is 0 Å². The van der Waals surface area contributed by atoms with Crippen molar-refractivity contribution >= 4 is 5.97 Å². The van der Waals surface area contributed by atoms with Gasteiger partial charge in [-0.25, -0.2) is 0 Å². The molecule has 196 valence electrons. The second-order valence-corrected chi connectivity index (χ2v) is 12.4. The van der Waals surface area contributed by atoms with E-state index >= 15 is 0 Å². The molecule has 0 radical (unpaired) electrons. The van der Waals surface area contributed by atoms with Crippen molar-refractivity contribution in [2.75, 3.05) is 20.3 Å². The largest absolute Gasteiger partial charge is 0.469 e. The first-order chi connectivity index (χ1) is 16.2. The van der Waals surface area contributed by atoms with Crippen molar-refractivity contribution < 1.29 is 24.1 Å². The van der Waals surface area contributed by atoms with Gasteiger partial charge in [-0.3, -0.25) is 4.79 Å². The second kappa shape index (κ2) is 10.0. The summed E-state index contributed by atoms with van der Waals surface area (Å²) in [7, 11) is 1.49. The number of esters is 1. The molecule has 5 aliphatic rings. The lowest BCUT2D eigenvalue weighted by molar-refractivity contribution is -0.248. The molecule has 34 heavy (non-hydrogen) atoms. The van der Waals surface area contributed by atoms with Gasteiger partial charge in [-0.15, -0.1) is 0 Å². The molecule has 0 amide bonds. The molecular formula is C29H50O5. The molecule has 5 fully saturated rings. The maximum absolute atomic E-state index is 11.7. The molecule has 5 rings (SSSR count). The molecule has 7 unspecified atom stereocenters. The Morgan fingerprint density at radius 2 is 1.68 bits per heavy atom. The third-order valence-corrected chi connectivity index (χ3v) is 11.3. The van der Waals surface area contributed by atoms with Crippen LogP contribution in [0.1, 0.15) is 98.8 Å². The van der Waals surface area contributed by atoms with Crippen molar-refractivity contribution in [2.24, 2.45) is 46.3 Å². The smallest absolute Gasteiger partial charge is 0.305 e.